The van der Waals surface area contributed by atoms with Gasteiger partial charge in [0, 0.05) is 10.9 Å². The molecular formula is C14H16N2O3. The average molecular weight is 260 g/mol. The van der Waals surface area contributed by atoms with Crippen LogP contribution in [0.5, 0.6) is 0 Å². The first-order valence-corrected chi connectivity index (χ1v) is 6.00. The molecule has 0 atom stereocenters. The number of Topliss-reactive ketones (excluding diaryl/α,β-unsaturated/α-hetero) is 1. The topological polar surface area (TPSA) is 61.2 Å². The number of aromatic nitrogens is 2. The second-order valence-corrected chi connectivity index (χ2v) is 5.37. The zero-order valence-electron chi connectivity index (χ0n) is 11.4. The number of hydrogen-bond donors (Lipinski definition) is 0. The molecule has 0 saturated carbocycles. The fourth-order valence-electron chi connectivity index (χ4n) is 1.70. The molecule has 0 bridgehead atoms. The van der Waals surface area contributed by atoms with E-state index in [0.717, 1.165) is 5.39 Å². The number of benzene rings is 1. The van der Waals surface area contributed by atoms with Crippen LogP contribution in [0.1, 0.15) is 38.1 Å². The number of fused-ring (bicyclic) bond motifs is 1. The quantitative estimate of drug-likeness (QED) is 0.739. The predicted molar refractivity (Wildman–Crippen MR) is 71.4 cm³/mol. The molecular weight excluding hydrogens is 244 g/mol. The number of hydrogen-bond acceptors (Lipinski definition) is 4. The highest BCUT2D eigenvalue weighted by atomic mass is 16.6. The van der Waals surface area contributed by atoms with E-state index in [9.17, 15) is 9.59 Å². The standard InChI is InChI=1S/C14H16N2O3/c1-9(17)10-5-6-12-11(7-10)8-15-16(12)13(18)19-14(2,3)4/h5-8H,1-4H3. The summed E-state index contributed by atoms with van der Waals surface area (Å²) < 4.78 is 6.46. The molecule has 0 saturated heterocycles. The number of carbonyl (C=O) groups is 2. The van der Waals surface area contributed by atoms with Crippen LogP contribution in [-0.2, 0) is 4.74 Å². The van der Waals surface area contributed by atoms with Crippen molar-refractivity contribution in [2.24, 2.45) is 0 Å². The minimum absolute atomic E-state index is 0.0214. The third kappa shape index (κ3) is 2.81. The summed E-state index contributed by atoms with van der Waals surface area (Å²) in [4.78, 5) is 23.3. The van der Waals surface area contributed by atoms with Crippen molar-refractivity contribution in [2.75, 3.05) is 0 Å². The van der Waals surface area contributed by atoms with Crippen molar-refractivity contribution in [1.29, 1.82) is 0 Å². The lowest BCUT2D eigenvalue weighted by atomic mass is 10.1. The molecule has 0 unspecified atom stereocenters. The minimum atomic E-state index is -0.575. The van der Waals surface area contributed by atoms with Gasteiger partial charge in [-0.1, -0.05) is 0 Å². The molecule has 19 heavy (non-hydrogen) atoms. The maximum Gasteiger partial charge on any atom is 0.435 e. The molecule has 5 nitrogen and oxygen atoms in total. The van der Waals surface area contributed by atoms with Crippen LogP contribution in [-0.4, -0.2) is 27.3 Å². The highest BCUT2D eigenvalue weighted by molar-refractivity contribution is 5.98. The van der Waals surface area contributed by atoms with E-state index in [0.29, 0.717) is 11.1 Å². The van der Waals surface area contributed by atoms with Gasteiger partial charge in [-0.05, 0) is 45.9 Å². The van der Waals surface area contributed by atoms with Gasteiger partial charge in [-0.15, -0.1) is 0 Å². The summed E-state index contributed by atoms with van der Waals surface area (Å²) >= 11 is 0. The Bertz CT molecular complexity index is 650. The molecule has 5 heteroatoms. The molecule has 1 heterocycles. The van der Waals surface area contributed by atoms with Gasteiger partial charge >= 0.3 is 6.09 Å². The molecule has 0 fully saturated rings. The predicted octanol–water partition coefficient (Wildman–Crippen LogP) is 3.02. The maximum absolute atomic E-state index is 12.0. The first-order chi connectivity index (χ1) is 8.78. The molecule has 1 aromatic heterocycles. The number of nitrogens with zero attached hydrogens (tertiary/aromatic N) is 2. The molecule has 0 radical (unpaired) electrons. The number of rotatable bonds is 1. The zero-order chi connectivity index (χ0) is 14.2. The average Bonchev–Trinajstić information content (AvgIpc) is 2.68. The first-order valence-electron chi connectivity index (χ1n) is 6.00. The van der Waals surface area contributed by atoms with Crippen LogP contribution in [0.25, 0.3) is 10.9 Å². The number of carbonyl (C=O) groups excluding carboxylic acids is 2. The molecule has 2 aromatic rings. The van der Waals surface area contributed by atoms with Crippen molar-refractivity contribution < 1.29 is 14.3 Å². The summed E-state index contributed by atoms with van der Waals surface area (Å²) in [5.74, 6) is -0.0214. The van der Waals surface area contributed by atoms with E-state index in [1.54, 1.807) is 45.2 Å². The highest BCUT2D eigenvalue weighted by Crippen LogP contribution is 2.18. The van der Waals surface area contributed by atoms with Crippen LogP contribution in [0.3, 0.4) is 0 Å². The van der Waals surface area contributed by atoms with Crippen LogP contribution in [0, 0.1) is 0 Å². The first kappa shape index (κ1) is 13.3. The van der Waals surface area contributed by atoms with Gasteiger partial charge in [0.25, 0.3) is 0 Å². The van der Waals surface area contributed by atoms with E-state index >= 15 is 0 Å². The normalized spacial score (nSPS) is 11.6. The smallest absolute Gasteiger partial charge is 0.435 e. The Kier molecular flexibility index (Phi) is 3.14. The summed E-state index contributed by atoms with van der Waals surface area (Å²) in [6.07, 6.45) is 1.02. The van der Waals surface area contributed by atoms with Crippen LogP contribution in [0.15, 0.2) is 24.4 Å². The Hall–Kier alpha value is -2.17. The van der Waals surface area contributed by atoms with Crippen LogP contribution in [0.2, 0.25) is 0 Å². The highest BCUT2D eigenvalue weighted by Gasteiger charge is 2.20. The minimum Gasteiger partial charge on any atom is -0.442 e. The molecule has 100 valence electrons. The zero-order valence-corrected chi connectivity index (χ0v) is 11.4. The second-order valence-electron chi connectivity index (χ2n) is 5.37. The van der Waals surface area contributed by atoms with Crippen molar-refractivity contribution >= 4 is 22.8 Å². The molecule has 1 aromatic carbocycles. The second kappa shape index (κ2) is 4.50. The molecule has 0 aliphatic rings. The number of ketones is 1. The third-order valence-corrected chi connectivity index (χ3v) is 2.54. The Labute approximate surface area is 111 Å². The van der Waals surface area contributed by atoms with E-state index in [1.807, 2.05) is 0 Å². The lowest BCUT2D eigenvalue weighted by Gasteiger charge is -2.19. The summed E-state index contributed by atoms with van der Waals surface area (Å²) in [5, 5.41) is 4.75. The fraction of sp³-hybridized carbons (Fsp3) is 0.357. The lowest BCUT2D eigenvalue weighted by Crippen LogP contribution is -2.27. The van der Waals surface area contributed by atoms with Crippen LogP contribution >= 0.6 is 0 Å². The van der Waals surface area contributed by atoms with E-state index < -0.39 is 11.7 Å². The van der Waals surface area contributed by atoms with Crippen molar-refractivity contribution in [3.63, 3.8) is 0 Å². The number of ether oxygens (including phenoxy) is 1. The molecule has 0 aliphatic heterocycles. The summed E-state index contributed by atoms with van der Waals surface area (Å²) in [5.41, 5.74) is 0.643. The SMILES string of the molecule is CC(=O)c1ccc2c(cnn2C(=O)OC(C)(C)C)c1. The van der Waals surface area contributed by atoms with Gasteiger partial charge in [-0.3, -0.25) is 4.79 Å². The van der Waals surface area contributed by atoms with Gasteiger partial charge in [-0.2, -0.15) is 9.78 Å². The molecule has 0 N–H and O–H groups in total. The van der Waals surface area contributed by atoms with Crippen LogP contribution < -0.4 is 0 Å². The van der Waals surface area contributed by atoms with Crippen molar-refractivity contribution in [3.8, 4) is 0 Å². The van der Waals surface area contributed by atoms with Crippen molar-refractivity contribution in [2.45, 2.75) is 33.3 Å². The van der Waals surface area contributed by atoms with Gasteiger partial charge < -0.3 is 4.74 Å². The Morgan fingerprint density at radius 1 is 1.26 bits per heavy atom. The van der Waals surface area contributed by atoms with Gasteiger partial charge in [-0.25, -0.2) is 4.79 Å². The molecule has 0 spiro atoms. The monoisotopic (exact) mass is 260 g/mol. The van der Waals surface area contributed by atoms with E-state index in [2.05, 4.69) is 5.10 Å². The molecule has 0 amide bonds. The maximum atomic E-state index is 12.0. The fourth-order valence-corrected chi connectivity index (χ4v) is 1.70. The van der Waals surface area contributed by atoms with Gasteiger partial charge in [0.2, 0.25) is 0 Å². The summed E-state index contributed by atoms with van der Waals surface area (Å²) in [7, 11) is 0. The van der Waals surface area contributed by atoms with E-state index in [-0.39, 0.29) is 5.78 Å². The Morgan fingerprint density at radius 3 is 2.53 bits per heavy atom. The van der Waals surface area contributed by atoms with Crippen molar-refractivity contribution in [1.82, 2.24) is 9.78 Å². The van der Waals surface area contributed by atoms with Gasteiger partial charge in [0.15, 0.2) is 5.78 Å². The van der Waals surface area contributed by atoms with Crippen molar-refractivity contribution in [3.05, 3.63) is 30.0 Å². The third-order valence-electron chi connectivity index (χ3n) is 2.54. The van der Waals surface area contributed by atoms with Crippen LogP contribution in [0.4, 0.5) is 4.79 Å². The van der Waals surface area contributed by atoms with Gasteiger partial charge in [0.05, 0.1) is 11.7 Å². The van der Waals surface area contributed by atoms with E-state index in [1.165, 1.54) is 11.6 Å². The Morgan fingerprint density at radius 2 is 1.95 bits per heavy atom. The van der Waals surface area contributed by atoms with Gasteiger partial charge in [0.1, 0.15) is 5.60 Å². The summed E-state index contributed by atoms with van der Waals surface area (Å²) in [6, 6.07) is 5.09. The molecule has 2 rings (SSSR count). The van der Waals surface area contributed by atoms with E-state index in [4.69, 9.17) is 4.74 Å². The Balaban J connectivity index is 2.41. The largest absolute Gasteiger partial charge is 0.442 e. The lowest BCUT2D eigenvalue weighted by molar-refractivity contribution is 0.0522. The molecule has 0 aliphatic carbocycles. The summed E-state index contributed by atoms with van der Waals surface area (Å²) in [6.45, 7) is 6.89.